The van der Waals surface area contributed by atoms with Crippen LogP contribution in [0.5, 0.6) is 0 Å². The standard InChI is InChI=1S/C8H11F3O2S/c9-8(10,11)14(12,13)7-5-3-1-2-4-6(5)7/h5-7H,1-4H2/t5-,6+,7?. The predicted molar refractivity (Wildman–Crippen MR) is 44.2 cm³/mol. The lowest BCUT2D eigenvalue weighted by molar-refractivity contribution is -0.0439. The average molecular weight is 228 g/mol. The van der Waals surface area contributed by atoms with Crippen molar-refractivity contribution >= 4 is 9.84 Å². The molecule has 3 atom stereocenters. The van der Waals surface area contributed by atoms with Crippen LogP contribution >= 0.6 is 0 Å². The van der Waals surface area contributed by atoms with Gasteiger partial charge in [-0.15, -0.1) is 0 Å². The Labute approximate surface area is 80.4 Å². The summed E-state index contributed by atoms with van der Waals surface area (Å²) >= 11 is 0. The van der Waals surface area contributed by atoms with Crippen molar-refractivity contribution in [1.29, 1.82) is 0 Å². The van der Waals surface area contributed by atoms with Crippen molar-refractivity contribution in [3.8, 4) is 0 Å². The first kappa shape index (κ1) is 10.3. The molecule has 0 aromatic carbocycles. The zero-order chi connectivity index (χ0) is 10.6. The molecule has 0 radical (unpaired) electrons. The monoisotopic (exact) mass is 228 g/mol. The van der Waals surface area contributed by atoms with Crippen molar-refractivity contribution in [1.82, 2.24) is 0 Å². The average Bonchev–Trinajstić information content (AvgIpc) is 2.75. The third-order valence-corrected chi connectivity index (χ3v) is 5.32. The number of hydrogen-bond acceptors (Lipinski definition) is 2. The Morgan fingerprint density at radius 1 is 1.00 bits per heavy atom. The van der Waals surface area contributed by atoms with Crippen LogP contribution in [-0.2, 0) is 9.84 Å². The molecule has 0 heterocycles. The number of halogens is 3. The molecule has 1 unspecified atom stereocenters. The fraction of sp³-hybridized carbons (Fsp3) is 1.00. The smallest absolute Gasteiger partial charge is 0.219 e. The zero-order valence-electron chi connectivity index (χ0n) is 7.42. The maximum Gasteiger partial charge on any atom is 0.497 e. The molecule has 14 heavy (non-hydrogen) atoms. The zero-order valence-corrected chi connectivity index (χ0v) is 8.24. The van der Waals surface area contributed by atoms with Gasteiger partial charge in [0.25, 0.3) is 9.84 Å². The minimum absolute atomic E-state index is 0.213. The molecule has 2 aliphatic rings. The van der Waals surface area contributed by atoms with Crippen molar-refractivity contribution in [3.05, 3.63) is 0 Å². The molecular weight excluding hydrogens is 217 g/mol. The molecule has 0 spiro atoms. The Kier molecular flexibility index (Phi) is 2.10. The lowest BCUT2D eigenvalue weighted by Gasteiger charge is -2.06. The van der Waals surface area contributed by atoms with Crippen LogP contribution in [0.4, 0.5) is 13.2 Å². The van der Waals surface area contributed by atoms with Gasteiger partial charge in [0.1, 0.15) is 0 Å². The molecular formula is C8H11F3O2S. The van der Waals surface area contributed by atoms with E-state index in [1.165, 1.54) is 0 Å². The SMILES string of the molecule is O=S(=O)(C1[C@H]2CCCC[C@@H]12)C(F)(F)F. The van der Waals surface area contributed by atoms with Crippen LogP contribution in [0.3, 0.4) is 0 Å². The molecule has 2 saturated carbocycles. The number of fused-ring (bicyclic) bond motifs is 1. The summed E-state index contributed by atoms with van der Waals surface area (Å²) < 4.78 is 58.6. The second-order valence-corrected chi connectivity index (χ2v) is 6.16. The van der Waals surface area contributed by atoms with Crippen molar-refractivity contribution in [2.45, 2.75) is 36.4 Å². The van der Waals surface area contributed by atoms with E-state index in [2.05, 4.69) is 0 Å². The molecule has 0 amide bonds. The number of rotatable bonds is 1. The summed E-state index contributed by atoms with van der Waals surface area (Å²) in [5.41, 5.74) is -5.06. The Balaban J connectivity index is 2.19. The summed E-state index contributed by atoms with van der Waals surface area (Å²) in [5, 5.41) is -1.12. The van der Waals surface area contributed by atoms with Crippen molar-refractivity contribution in [2.75, 3.05) is 0 Å². The van der Waals surface area contributed by atoms with Gasteiger partial charge in [0.15, 0.2) is 0 Å². The van der Waals surface area contributed by atoms with E-state index < -0.39 is 20.6 Å². The van der Waals surface area contributed by atoms with Gasteiger partial charge in [0.05, 0.1) is 5.25 Å². The lowest BCUT2D eigenvalue weighted by atomic mass is 10.0. The first-order valence-corrected chi connectivity index (χ1v) is 6.20. The first-order chi connectivity index (χ1) is 6.36. The number of hydrogen-bond donors (Lipinski definition) is 0. The fourth-order valence-electron chi connectivity index (χ4n) is 2.54. The molecule has 2 nitrogen and oxygen atoms in total. The van der Waals surface area contributed by atoms with E-state index in [1.807, 2.05) is 0 Å². The highest BCUT2D eigenvalue weighted by Gasteiger charge is 2.65. The minimum atomic E-state index is -5.06. The largest absolute Gasteiger partial charge is 0.497 e. The van der Waals surface area contributed by atoms with Gasteiger partial charge >= 0.3 is 5.51 Å². The van der Waals surface area contributed by atoms with Crippen LogP contribution in [-0.4, -0.2) is 19.2 Å². The maximum absolute atomic E-state index is 12.2. The van der Waals surface area contributed by atoms with Gasteiger partial charge in [-0.1, -0.05) is 12.8 Å². The summed E-state index contributed by atoms with van der Waals surface area (Å²) in [5.74, 6) is -0.425. The second-order valence-electron chi connectivity index (χ2n) is 4.07. The summed E-state index contributed by atoms with van der Waals surface area (Å²) in [6.45, 7) is 0. The van der Waals surface area contributed by atoms with Crippen LogP contribution < -0.4 is 0 Å². The van der Waals surface area contributed by atoms with Crippen LogP contribution in [0.15, 0.2) is 0 Å². The lowest BCUT2D eigenvalue weighted by Crippen LogP contribution is -2.28. The first-order valence-electron chi connectivity index (χ1n) is 4.66. The van der Waals surface area contributed by atoms with E-state index in [0.717, 1.165) is 12.8 Å². The highest BCUT2D eigenvalue weighted by atomic mass is 32.2. The molecule has 0 bridgehead atoms. The summed E-state index contributed by atoms with van der Waals surface area (Å²) in [6, 6.07) is 0. The van der Waals surface area contributed by atoms with E-state index >= 15 is 0 Å². The van der Waals surface area contributed by atoms with Gasteiger partial charge in [-0.05, 0) is 24.7 Å². The van der Waals surface area contributed by atoms with Crippen LogP contribution in [0.25, 0.3) is 0 Å². The van der Waals surface area contributed by atoms with Crippen molar-refractivity contribution in [2.24, 2.45) is 11.8 Å². The summed E-state index contributed by atoms with van der Waals surface area (Å²) in [7, 11) is -4.89. The normalized spacial score (nSPS) is 37.8. The van der Waals surface area contributed by atoms with Gasteiger partial charge in [0.2, 0.25) is 0 Å². The van der Waals surface area contributed by atoms with Gasteiger partial charge in [-0.2, -0.15) is 13.2 Å². The fourth-order valence-corrected chi connectivity index (χ4v) is 4.36. The van der Waals surface area contributed by atoms with Crippen LogP contribution in [0, 0.1) is 11.8 Å². The van der Waals surface area contributed by atoms with Gasteiger partial charge < -0.3 is 0 Å². The highest BCUT2D eigenvalue weighted by Crippen LogP contribution is 2.56. The number of alkyl halides is 3. The molecule has 2 rings (SSSR count). The quantitative estimate of drug-likeness (QED) is 0.688. The maximum atomic E-state index is 12.2. The molecule has 2 fully saturated rings. The van der Waals surface area contributed by atoms with E-state index in [-0.39, 0.29) is 11.8 Å². The Morgan fingerprint density at radius 3 is 1.79 bits per heavy atom. The molecule has 0 saturated heterocycles. The molecule has 0 aromatic heterocycles. The molecule has 6 heteroatoms. The molecule has 0 aliphatic heterocycles. The molecule has 2 aliphatic carbocycles. The Bertz CT molecular complexity index is 321. The predicted octanol–water partition coefficient (Wildman–Crippen LogP) is 2.11. The van der Waals surface area contributed by atoms with Crippen molar-refractivity contribution in [3.63, 3.8) is 0 Å². The second kappa shape index (κ2) is 2.87. The summed E-state index contributed by atoms with van der Waals surface area (Å²) in [4.78, 5) is 0. The third kappa shape index (κ3) is 1.34. The van der Waals surface area contributed by atoms with Gasteiger partial charge in [-0.3, -0.25) is 0 Å². The van der Waals surface area contributed by atoms with Crippen molar-refractivity contribution < 1.29 is 21.6 Å². The van der Waals surface area contributed by atoms with Gasteiger partial charge in [0, 0.05) is 0 Å². The highest BCUT2D eigenvalue weighted by molar-refractivity contribution is 7.93. The molecule has 0 aromatic rings. The van der Waals surface area contributed by atoms with Crippen LogP contribution in [0.2, 0.25) is 0 Å². The van der Waals surface area contributed by atoms with Gasteiger partial charge in [-0.25, -0.2) is 8.42 Å². The van der Waals surface area contributed by atoms with E-state index in [1.54, 1.807) is 0 Å². The molecule has 0 N–H and O–H groups in total. The van der Waals surface area contributed by atoms with E-state index in [0.29, 0.717) is 12.8 Å². The topological polar surface area (TPSA) is 34.1 Å². The van der Waals surface area contributed by atoms with Crippen LogP contribution in [0.1, 0.15) is 25.7 Å². The third-order valence-electron chi connectivity index (χ3n) is 3.26. The van der Waals surface area contributed by atoms with E-state index in [9.17, 15) is 21.6 Å². The summed E-state index contributed by atoms with van der Waals surface area (Å²) in [6.07, 6.45) is 3.02. The Morgan fingerprint density at radius 2 is 1.43 bits per heavy atom. The number of sulfone groups is 1. The molecule has 82 valence electrons. The van der Waals surface area contributed by atoms with E-state index in [4.69, 9.17) is 0 Å². The Hall–Kier alpha value is -0.260. The minimum Gasteiger partial charge on any atom is -0.219 e.